The Morgan fingerprint density at radius 3 is 2.69 bits per heavy atom. The van der Waals surface area contributed by atoms with E-state index in [0.717, 1.165) is 11.8 Å². The van der Waals surface area contributed by atoms with Gasteiger partial charge in [-0.2, -0.15) is 0 Å². The molecule has 4 unspecified atom stereocenters. The Morgan fingerprint density at radius 1 is 1.25 bits per heavy atom. The fourth-order valence-electron chi connectivity index (χ4n) is 2.65. The van der Waals surface area contributed by atoms with E-state index in [1.807, 2.05) is 0 Å². The van der Waals surface area contributed by atoms with E-state index in [0.29, 0.717) is 5.78 Å². The summed E-state index contributed by atoms with van der Waals surface area (Å²) in [7, 11) is 2.98. The van der Waals surface area contributed by atoms with Crippen molar-refractivity contribution in [1.29, 1.82) is 0 Å². The van der Waals surface area contributed by atoms with Gasteiger partial charge in [-0.25, -0.2) is 0 Å². The molecule has 0 spiro atoms. The molecule has 4 atom stereocenters. The molecule has 0 aliphatic heterocycles. The molecular weight excluding hydrogens is 213 g/mol. The zero-order valence-electron chi connectivity index (χ0n) is 10.0. The third-order valence-electron chi connectivity index (χ3n) is 3.59. The summed E-state index contributed by atoms with van der Waals surface area (Å²) >= 11 is 0. The minimum absolute atomic E-state index is 0.519. The summed E-state index contributed by atoms with van der Waals surface area (Å²) in [5.41, 5.74) is 1.24. The number of hydrogen-bond donors (Lipinski definition) is 1. The van der Waals surface area contributed by atoms with Gasteiger partial charge in [-0.1, -0.05) is 38.0 Å². The molecule has 2 heteroatoms. The van der Waals surface area contributed by atoms with Gasteiger partial charge in [-0.15, -0.1) is 9.24 Å². The van der Waals surface area contributed by atoms with Crippen LogP contribution in [0.3, 0.4) is 0 Å². The number of para-hydroxylation sites is 1. The predicted octanol–water partition coefficient (Wildman–Crippen LogP) is 4.13. The van der Waals surface area contributed by atoms with Crippen LogP contribution in [-0.4, -0.2) is 5.78 Å². The van der Waals surface area contributed by atoms with Crippen LogP contribution in [0.2, 0.25) is 0 Å². The number of anilines is 1. The second-order valence-corrected chi connectivity index (χ2v) is 5.79. The lowest BCUT2D eigenvalue weighted by Crippen LogP contribution is -2.27. The van der Waals surface area contributed by atoms with Crippen molar-refractivity contribution in [2.75, 3.05) is 5.32 Å². The van der Waals surface area contributed by atoms with Crippen molar-refractivity contribution >= 4 is 14.9 Å². The highest BCUT2D eigenvalue weighted by atomic mass is 31.0. The van der Waals surface area contributed by atoms with Crippen molar-refractivity contribution in [2.45, 2.75) is 38.4 Å². The van der Waals surface area contributed by atoms with E-state index < -0.39 is 0 Å². The SMILES string of the molecule is CC1CCCC(C(P)Nc2ccccc2)C1. The maximum Gasteiger partial charge on any atom is 0.0430 e. The Morgan fingerprint density at radius 2 is 2.00 bits per heavy atom. The molecule has 0 amide bonds. The first-order chi connectivity index (χ1) is 7.75. The van der Waals surface area contributed by atoms with Gasteiger partial charge in [0.1, 0.15) is 0 Å². The first-order valence-corrected chi connectivity index (χ1v) is 6.99. The van der Waals surface area contributed by atoms with Crippen molar-refractivity contribution in [2.24, 2.45) is 11.8 Å². The zero-order valence-corrected chi connectivity index (χ0v) is 11.2. The fraction of sp³-hybridized carbons (Fsp3) is 0.571. The minimum Gasteiger partial charge on any atom is -0.379 e. The normalized spacial score (nSPS) is 27.4. The molecule has 1 N–H and O–H groups in total. The molecule has 1 nitrogen and oxygen atoms in total. The molecule has 1 saturated carbocycles. The number of hydrogen-bond acceptors (Lipinski definition) is 1. The van der Waals surface area contributed by atoms with Crippen molar-refractivity contribution in [3.63, 3.8) is 0 Å². The van der Waals surface area contributed by atoms with Gasteiger partial charge >= 0.3 is 0 Å². The van der Waals surface area contributed by atoms with Crippen LogP contribution in [0.15, 0.2) is 30.3 Å². The van der Waals surface area contributed by atoms with E-state index in [4.69, 9.17) is 0 Å². The van der Waals surface area contributed by atoms with Crippen LogP contribution < -0.4 is 5.32 Å². The van der Waals surface area contributed by atoms with Gasteiger partial charge in [0.05, 0.1) is 0 Å². The van der Waals surface area contributed by atoms with Crippen LogP contribution in [0.25, 0.3) is 0 Å². The van der Waals surface area contributed by atoms with Crippen molar-refractivity contribution in [3.8, 4) is 0 Å². The van der Waals surface area contributed by atoms with Crippen molar-refractivity contribution in [1.82, 2.24) is 0 Å². The molecule has 0 aromatic heterocycles. The van der Waals surface area contributed by atoms with Gasteiger partial charge in [0.25, 0.3) is 0 Å². The lowest BCUT2D eigenvalue weighted by Gasteiger charge is -2.32. The highest BCUT2D eigenvalue weighted by molar-refractivity contribution is 7.17. The highest BCUT2D eigenvalue weighted by Crippen LogP contribution is 2.34. The summed E-state index contributed by atoms with van der Waals surface area (Å²) in [5, 5.41) is 3.60. The molecule has 1 fully saturated rings. The predicted molar refractivity (Wildman–Crippen MR) is 74.7 cm³/mol. The second-order valence-electron chi connectivity index (χ2n) is 5.07. The van der Waals surface area contributed by atoms with E-state index in [1.165, 1.54) is 31.4 Å². The van der Waals surface area contributed by atoms with Crippen LogP contribution in [0, 0.1) is 11.8 Å². The van der Waals surface area contributed by atoms with Crippen LogP contribution in [-0.2, 0) is 0 Å². The van der Waals surface area contributed by atoms with E-state index in [1.54, 1.807) is 0 Å². The quantitative estimate of drug-likeness (QED) is 0.777. The summed E-state index contributed by atoms with van der Waals surface area (Å²) in [6.07, 6.45) is 5.55. The molecule has 16 heavy (non-hydrogen) atoms. The van der Waals surface area contributed by atoms with E-state index in [9.17, 15) is 0 Å². The zero-order chi connectivity index (χ0) is 11.4. The molecule has 1 aliphatic rings. The largest absolute Gasteiger partial charge is 0.379 e. The summed E-state index contributed by atoms with van der Waals surface area (Å²) in [4.78, 5) is 0. The third-order valence-corrected chi connectivity index (χ3v) is 4.30. The monoisotopic (exact) mass is 235 g/mol. The first-order valence-electron chi connectivity index (χ1n) is 6.33. The molecule has 2 rings (SSSR count). The standard InChI is InChI=1S/C14H22NP/c1-11-6-5-7-12(10-11)14(16)15-13-8-3-2-4-9-13/h2-4,8-9,11-12,14-15H,5-7,10,16H2,1H3. The summed E-state index contributed by atoms with van der Waals surface area (Å²) in [6.45, 7) is 2.38. The van der Waals surface area contributed by atoms with Gasteiger partial charge < -0.3 is 5.32 Å². The number of rotatable bonds is 3. The van der Waals surface area contributed by atoms with Gasteiger partial charge in [0.15, 0.2) is 0 Å². The second kappa shape index (κ2) is 5.68. The molecule has 0 heterocycles. The molecule has 88 valence electrons. The Balaban J connectivity index is 1.90. The molecule has 1 aromatic carbocycles. The van der Waals surface area contributed by atoms with Crippen molar-refractivity contribution < 1.29 is 0 Å². The molecule has 1 aromatic rings. The van der Waals surface area contributed by atoms with Gasteiger partial charge in [0, 0.05) is 11.5 Å². The Labute approximate surface area is 101 Å². The van der Waals surface area contributed by atoms with Gasteiger partial charge in [-0.05, 0) is 36.8 Å². The molecule has 0 saturated heterocycles. The number of nitrogens with one attached hydrogen (secondary N) is 1. The molecular formula is C14H22NP. The lowest BCUT2D eigenvalue weighted by atomic mass is 9.82. The lowest BCUT2D eigenvalue weighted by molar-refractivity contribution is 0.284. The van der Waals surface area contributed by atoms with E-state index in [2.05, 4.69) is 51.8 Å². The maximum atomic E-state index is 3.60. The van der Waals surface area contributed by atoms with Gasteiger partial charge in [0.2, 0.25) is 0 Å². The van der Waals surface area contributed by atoms with E-state index in [-0.39, 0.29) is 0 Å². The molecule has 0 bridgehead atoms. The van der Waals surface area contributed by atoms with Crippen LogP contribution >= 0.6 is 9.24 Å². The average Bonchev–Trinajstić information content (AvgIpc) is 2.30. The van der Waals surface area contributed by atoms with Crippen LogP contribution in [0.4, 0.5) is 5.69 Å². The minimum atomic E-state index is 0.519. The third kappa shape index (κ3) is 3.22. The fourth-order valence-corrected chi connectivity index (χ4v) is 3.19. The van der Waals surface area contributed by atoms with Gasteiger partial charge in [-0.3, -0.25) is 0 Å². The summed E-state index contributed by atoms with van der Waals surface area (Å²) in [6, 6.07) is 10.5. The van der Waals surface area contributed by atoms with E-state index >= 15 is 0 Å². The smallest absolute Gasteiger partial charge is 0.0430 e. The van der Waals surface area contributed by atoms with Crippen molar-refractivity contribution in [3.05, 3.63) is 30.3 Å². The molecule has 0 radical (unpaired) electrons. The summed E-state index contributed by atoms with van der Waals surface area (Å²) < 4.78 is 0. The number of benzene rings is 1. The highest BCUT2D eigenvalue weighted by Gasteiger charge is 2.23. The van der Waals surface area contributed by atoms with Crippen LogP contribution in [0.5, 0.6) is 0 Å². The average molecular weight is 235 g/mol. The Bertz CT molecular complexity index is 312. The maximum absolute atomic E-state index is 3.60. The van der Waals surface area contributed by atoms with Crippen LogP contribution in [0.1, 0.15) is 32.6 Å². The summed E-state index contributed by atoms with van der Waals surface area (Å²) in [5.74, 6) is 2.23. The Kier molecular flexibility index (Phi) is 4.23. The first kappa shape index (κ1) is 11.9. The topological polar surface area (TPSA) is 12.0 Å². The Hall–Kier alpha value is -0.550. The molecule has 1 aliphatic carbocycles.